The van der Waals surface area contributed by atoms with E-state index < -0.39 is 5.82 Å². The van der Waals surface area contributed by atoms with E-state index in [1.807, 2.05) is 6.07 Å². The maximum Gasteiger partial charge on any atom is 0.255 e. The summed E-state index contributed by atoms with van der Waals surface area (Å²) in [4.78, 5) is 29.3. The Hall–Kier alpha value is -2.71. The molecule has 27 heavy (non-hydrogen) atoms. The molecule has 0 aliphatic rings. The van der Waals surface area contributed by atoms with Crippen LogP contribution in [0, 0.1) is 5.82 Å². The van der Waals surface area contributed by atoms with Crippen LogP contribution in [0.5, 0.6) is 0 Å². The van der Waals surface area contributed by atoms with Crippen molar-refractivity contribution in [3.63, 3.8) is 0 Å². The molecule has 3 aromatic rings. The van der Waals surface area contributed by atoms with E-state index >= 15 is 0 Å². The van der Waals surface area contributed by atoms with Gasteiger partial charge in [-0.2, -0.15) is 0 Å². The number of aromatic nitrogens is 1. The average Bonchev–Trinajstić information content (AvgIpc) is 3.15. The third-order valence-corrected chi connectivity index (χ3v) is 5.33. The summed E-state index contributed by atoms with van der Waals surface area (Å²) in [5.74, 6) is -0.864. The van der Waals surface area contributed by atoms with Gasteiger partial charge < -0.3 is 10.6 Å². The molecule has 0 aliphatic carbocycles. The van der Waals surface area contributed by atoms with Crippen molar-refractivity contribution in [3.8, 4) is 0 Å². The van der Waals surface area contributed by atoms with Crippen molar-refractivity contribution in [2.24, 2.45) is 0 Å². The van der Waals surface area contributed by atoms with E-state index in [0.717, 1.165) is 4.90 Å². The Bertz CT molecular complexity index is 930. The molecule has 8 heteroatoms. The average molecular weight is 401 g/mol. The largest absolute Gasteiger partial charge is 0.322 e. The van der Waals surface area contributed by atoms with Crippen molar-refractivity contribution in [2.45, 2.75) is 17.1 Å². The van der Waals surface area contributed by atoms with Gasteiger partial charge in [-0.1, -0.05) is 6.07 Å². The van der Waals surface area contributed by atoms with Crippen molar-refractivity contribution in [3.05, 3.63) is 71.5 Å². The Labute approximate surface area is 164 Å². The van der Waals surface area contributed by atoms with Crippen LogP contribution in [-0.2, 0) is 4.79 Å². The quantitative estimate of drug-likeness (QED) is 0.590. The fraction of sp³-hybridized carbons (Fsp3) is 0.105. The lowest BCUT2D eigenvalue weighted by molar-refractivity contribution is -0.115. The number of halogens is 1. The number of amides is 2. The van der Waals surface area contributed by atoms with E-state index in [9.17, 15) is 14.0 Å². The predicted molar refractivity (Wildman–Crippen MR) is 107 cm³/mol. The number of carbonyl (C=O) groups excluding carboxylic acids is 2. The monoisotopic (exact) mass is 401 g/mol. The molecule has 2 amide bonds. The molecule has 0 spiro atoms. The fourth-order valence-electron chi connectivity index (χ4n) is 2.20. The zero-order valence-electron chi connectivity index (χ0n) is 14.3. The van der Waals surface area contributed by atoms with Crippen LogP contribution >= 0.6 is 23.1 Å². The molecule has 3 rings (SSSR count). The van der Waals surface area contributed by atoms with Crippen LogP contribution in [-0.4, -0.2) is 22.0 Å². The van der Waals surface area contributed by atoms with Crippen molar-refractivity contribution < 1.29 is 14.0 Å². The normalized spacial score (nSPS) is 11.6. The van der Waals surface area contributed by atoms with Gasteiger partial charge in [0.2, 0.25) is 5.91 Å². The first-order valence-electron chi connectivity index (χ1n) is 8.05. The highest BCUT2D eigenvalue weighted by Gasteiger charge is 2.16. The number of nitrogens with zero attached hydrogens (tertiary/aromatic N) is 1. The highest BCUT2D eigenvalue weighted by atomic mass is 32.2. The van der Waals surface area contributed by atoms with Crippen LogP contribution in [0.1, 0.15) is 17.3 Å². The standard InChI is InChI=1S/C19H16FN3O2S2/c1-12(17(24)23-19-21-9-10-26-19)27-16-4-2-3-15(11-16)22-18(25)13-5-7-14(20)8-6-13/h2-12H,1H3,(H,22,25)(H,21,23,24). The second kappa shape index (κ2) is 8.79. The lowest BCUT2D eigenvalue weighted by atomic mass is 10.2. The molecule has 1 unspecified atom stereocenters. The number of rotatable bonds is 6. The van der Waals surface area contributed by atoms with Crippen molar-refractivity contribution in [1.29, 1.82) is 0 Å². The molecule has 5 nitrogen and oxygen atoms in total. The third-order valence-electron chi connectivity index (χ3n) is 3.54. The van der Waals surface area contributed by atoms with Gasteiger partial charge in [-0.3, -0.25) is 9.59 Å². The van der Waals surface area contributed by atoms with Gasteiger partial charge in [0.1, 0.15) is 5.82 Å². The summed E-state index contributed by atoms with van der Waals surface area (Å²) in [6, 6.07) is 12.5. The van der Waals surface area contributed by atoms with E-state index in [1.54, 1.807) is 36.7 Å². The number of hydrogen-bond donors (Lipinski definition) is 2. The number of carbonyl (C=O) groups is 2. The summed E-state index contributed by atoms with van der Waals surface area (Å²) >= 11 is 2.74. The highest BCUT2D eigenvalue weighted by Crippen LogP contribution is 2.27. The first-order chi connectivity index (χ1) is 13.0. The van der Waals surface area contributed by atoms with E-state index in [0.29, 0.717) is 16.4 Å². The Balaban J connectivity index is 1.62. The van der Waals surface area contributed by atoms with Crippen molar-refractivity contribution >= 4 is 45.7 Å². The molecule has 0 bridgehead atoms. The van der Waals surface area contributed by atoms with Crippen LogP contribution in [0.15, 0.2) is 65.0 Å². The molecule has 0 fully saturated rings. The highest BCUT2D eigenvalue weighted by molar-refractivity contribution is 8.00. The van der Waals surface area contributed by atoms with Crippen LogP contribution in [0.3, 0.4) is 0 Å². The maximum atomic E-state index is 13.0. The Morgan fingerprint density at radius 3 is 2.63 bits per heavy atom. The predicted octanol–water partition coefficient (Wildman–Crippen LogP) is 4.65. The summed E-state index contributed by atoms with van der Waals surface area (Å²) in [6.07, 6.45) is 1.63. The second-order valence-electron chi connectivity index (χ2n) is 5.58. The van der Waals surface area contributed by atoms with Gasteiger partial charge in [0.25, 0.3) is 5.91 Å². The van der Waals surface area contributed by atoms with E-state index in [1.165, 1.54) is 47.4 Å². The van der Waals surface area contributed by atoms with Crippen molar-refractivity contribution in [2.75, 3.05) is 10.6 Å². The molecular formula is C19H16FN3O2S2. The van der Waals surface area contributed by atoms with Crippen LogP contribution < -0.4 is 10.6 Å². The Morgan fingerprint density at radius 1 is 1.15 bits per heavy atom. The lowest BCUT2D eigenvalue weighted by Crippen LogP contribution is -2.22. The maximum absolute atomic E-state index is 13.0. The minimum Gasteiger partial charge on any atom is -0.322 e. The molecule has 138 valence electrons. The van der Waals surface area contributed by atoms with Gasteiger partial charge in [0.05, 0.1) is 5.25 Å². The molecular weight excluding hydrogens is 385 g/mol. The summed E-state index contributed by atoms with van der Waals surface area (Å²) in [5, 5.41) is 7.55. The summed E-state index contributed by atoms with van der Waals surface area (Å²) in [7, 11) is 0. The molecule has 2 aromatic carbocycles. The van der Waals surface area contributed by atoms with Crippen molar-refractivity contribution in [1.82, 2.24) is 4.98 Å². The topological polar surface area (TPSA) is 71.1 Å². The zero-order valence-corrected chi connectivity index (χ0v) is 15.9. The van der Waals surface area contributed by atoms with Crippen LogP contribution in [0.4, 0.5) is 15.2 Å². The number of hydrogen-bond acceptors (Lipinski definition) is 5. The molecule has 1 heterocycles. The minimum absolute atomic E-state index is 0.143. The van der Waals surface area contributed by atoms with Gasteiger partial charge in [-0.05, 0) is 49.4 Å². The molecule has 0 aliphatic heterocycles. The van der Waals surface area contributed by atoms with Gasteiger partial charge in [-0.25, -0.2) is 9.37 Å². The summed E-state index contributed by atoms with van der Waals surface area (Å²) in [6.45, 7) is 1.80. The molecule has 2 N–H and O–H groups in total. The van der Waals surface area contributed by atoms with E-state index in [2.05, 4.69) is 15.6 Å². The molecule has 0 saturated heterocycles. The third kappa shape index (κ3) is 5.38. The SMILES string of the molecule is CC(Sc1cccc(NC(=O)c2ccc(F)cc2)c1)C(=O)Nc1nccs1. The fourth-order valence-corrected chi connectivity index (χ4v) is 3.66. The summed E-state index contributed by atoms with van der Waals surface area (Å²) < 4.78 is 13.0. The molecule has 0 radical (unpaired) electrons. The van der Waals surface area contributed by atoms with E-state index in [-0.39, 0.29) is 17.1 Å². The first-order valence-corrected chi connectivity index (χ1v) is 9.81. The first kappa shape index (κ1) is 19.1. The van der Waals surface area contributed by atoms with Gasteiger partial charge in [0.15, 0.2) is 5.13 Å². The smallest absolute Gasteiger partial charge is 0.255 e. The van der Waals surface area contributed by atoms with Crippen LogP contribution in [0.2, 0.25) is 0 Å². The molecule has 0 saturated carbocycles. The Morgan fingerprint density at radius 2 is 1.93 bits per heavy atom. The van der Waals surface area contributed by atoms with E-state index in [4.69, 9.17) is 0 Å². The number of nitrogens with one attached hydrogen (secondary N) is 2. The van der Waals surface area contributed by atoms with Gasteiger partial charge in [-0.15, -0.1) is 23.1 Å². The molecule has 1 atom stereocenters. The number of anilines is 2. The number of thiazole rings is 1. The Kier molecular flexibility index (Phi) is 6.20. The zero-order chi connectivity index (χ0) is 19.2. The number of benzene rings is 2. The van der Waals surface area contributed by atoms with Crippen LogP contribution in [0.25, 0.3) is 0 Å². The number of thioether (sulfide) groups is 1. The lowest BCUT2D eigenvalue weighted by Gasteiger charge is -2.12. The van der Waals surface area contributed by atoms with Gasteiger partial charge in [0, 0.05) is 27.7 Å². The van der Waals surface area contributed by atoms with Gasteiger partial charge >= 0.3 is 0 Å². The molecule has 1 aromatic heterocycles. The minimum atomic E-state index is -0.394. The summed E-state index contributed by atoms with van der Waals surface area (Å²) in [5.41, 5.74) is 0.965. The second-order valence-corrected chi connectivity index (χ2v) is 7.88.